The second-order valence-electron chi connectivity index (χ2n) is 12.0. The lowest BCUT2D eigenvalue weighted by molar-refractivity contribution is 0.0645. The molecule has 3 nitrogen and oxygen atoms in total. The summed E-state index contributed by atoms with van der Waals surface area (Å²) in [4.78, 5) is 8.04. The van der Waals surface area contributed by atoms with Gasteiger partial charge in [-0.25, -0.2) is 0 Å². The Morgan fingerprint density at radius 1 is 0.895 bits per heavy atom. The van der Waals surface area contributed by atoms with Gasteiger partial charge in [0.15, 0.2) is 0 Å². The molecule has 1 saturated heterocycles. The van der Waals surface area contributed by atoms with Gasteiger partial charge in [0.25, 0.3) is 0 Å². The molecule has 2 heterocycles. The highest BCUT2D eigenvalue weighted by Gasteiger charge is 2.49. The third-order valence-corrected chi connectivity index (χ3v) is 9.45. The number of hydrogen-bond acceptors (Lipinski definition) is 3. The van der Waals surface area contributed by atoms with Gasteiger partial charge in [-0.05, 0) is 91.3 Å². The molecule has 0 amide bonds. The summed E-state index contributed by atoms with van der Waals surface area (Å²) >= 11 is 0. The van der Waals surface area contributed by atoms with Crippen molar-refractivity contribution in [3.8, 4) is 0 Å². The summed E-state index contributed by atoms with van der Waals surface area (Å²) in [6, 6.07) is 29.8. The van der Waals surface area contributed by atoms with Gasteiger partial charge in [0, 0.05) is 42.5 Å². The zero-order valence-electron chi connectivity index (χ0n) is 22.5. The summed E-state index contributed by atoms with van der Waals surface area (Å²) in [5.41, 5.74) is 9.93. The normalized spacial score (nSPS) is 27.4. The molecule has 3 aliphatic carbocycles. The minimum atomic E-state index is 0.452. The summed E-state index contributed by atoms with van der Waals surface area (Å²) in [5, 5.41) is 3.72. The number of benzene rings is 3. The lowest BCUT2D eigenvalue weighted by Gasteiger charge is -2.50. The van der Waals surface area contributed by atoms with Crippen molar-refractivity contribution in [1.82, 2.24) is 4.90 Å². The van der Waals surface area contributed by atoms with Crippen LogP contribution in [-0.2, 0) is 19.5 Å². The fourth-order valence-electron chi connectivity index (χ4n) is 7.29. The van der Waals surface area contributed by atoms with Crippen LogP contribution in [0, 0.1) is 11.8 Å². The van der Waals surface area contributed by atoms with E-state index in [4.69, 9.17) is 4.99 Å². The minimum absolute atomic E-state index is 0.452. The van der Waals surface area contributed by atoms with E-state index in [0.717, 1.165) is 25.4 Å². The van der Waals surface area contributed by atoms with Crippen LogP contribution >= 0.6 is 0 Å². The number of hydrogen-bond donors (Lipinski definition) is 1. The largest absolute Gasteiger partial charge is 0.381 e. The molecule has 1 N–H and O–H groups in total. The number of piperidine rings is 1. The highest BCUT2D eigenvalue weighted by molar-refractivity contribution is 5.97. The van der Waals surface area contributed by atoms with Gasteiger partial charge < -0.3 is 5.32 Å². The Kier molecular flexibility index (Phi) is 6.41. The van der Waals surface area contributed by atoms with Crippen LogP contribution in [-0.4, -0.2) is 29.2 Å². The van der Waals surface area contributed by atoms with Crippen LogP contribution in [0.4, 0.5) is 5.69 Å². The smallest absolute Gasteiger partial charge is 0.0643 e. The van der Waals surface area contributed by atoms with Crippen LogP contribution in [0.2, 0.25) is 0 Å². The van der Waals surface area contributed by atoms with Gasteiger partial charge in [-0.1, -0.05) is 72.3 Å². The zero-order chi connectivity index (χ0) is 25.5. The van der Waals surface area contributed by atoms with Crippen molar-refractivity contribution < 1.29 is 0 Å². The van der Waals surface area contributed by atoms with Crippen molar-refractivity contribution in [2.24, 2.45) is 16.8 Å². The molecule has 38 heavy (non-hydrogen) atoms. The summed E-state index contributed by atoms with van der Waals surface area (Å²) in [6.07, 6.45) is 8.90. The van der Waals surface area contributed by atoms with E-state index >= 15 is 0 Å². The van der Waals surface area contributed by atoms with Gasteiger partial charge in [0.2, 0.25) is 0 Å². The number of aliphatic imine (C=N–C) groups is 1. The van der Waals surface area contributed by atoms with Gasteiger partial charge in [-0.2, -0.15) is 0 Å². The van der Waals surface area contributed by atoms with E-state index in [1.54, 1.807) is 16.7 Å². The lowest BCUT2D eigenvalue weighted by Crippen LogP contribution is -2.54. The second-order valence-corrected chi connectivity index (χ2v) is 12.0. The van der Waals surface area contributed by atoms with Crippen LogP contribution < -0.4 is 5.32 Å². The first kappa shape index (κ1) is 23.9. The molecule has 0 aromatic heterocycles. The SMILES string of the molecule is C[C@@H]1[C@@H]2C3=CC(=NCc4ccccc4)CC[C@H]3[C@H](Cc3ccc(NCc4ccccc4)cc32)N1CC1CC1. The number of fused-ring (bicyclic) bond motifs is 1. The topological polar surface area (TPSA) is 27.6 Å². The Morgan fingerprint density at radius 2 is 1.66 bits per heavy atom. The molecule has 3 heteroatoms. The average Bonchev–Trinajstić information content (AvgIpc) is 3.80. The van der Waals surface area contributed by atoms with Crippen molar-refractivity contribution >= 4 is 11.4 Å². The molecular formula is C35H39N3. The summed E-state index contributed by atoms with van der Waals surface area (Å²) in [5.74, 6) is 2.02. The molecule has 194 valence electrons. The molecule has 1 saturated carbocycles. The Labute approximate surface area is 227 Å². The number of anilines is 1. The fraction of sp³-hybridized carbons (Fsp3) is 0.400. The molecule has 0 radical (unpaired) electrons. The van der Waals surface area contributed by atoms with Crippen LogP contribution in [0.1, 0.15) is 60.8 Å². The third kappa shape index (κ3) is 4.73. The van der Waals surface area contributed by atoms with Crippen molar-refractivity contribution in [3.63, 3.8) is 0 Å². The number of nitrogens with zero attached hydrogens (tertiary/aromatic N) is 2. The van der Waals surface area contributed by atoms with E-state index in [0.29, 0.717) is 23.9 Å². The molecule has 0 spiro atoms. The molecule has 4 atom stereocenters. The highest BCUT2D eigenvalue weighted by Crippen LogP contribution is 2.52. The average molecular weight is 502 g/mol. The summed E-state index contributed by atoms with van der Waals surface area (Å²) < 4.78 is 0. The highest BCUT2D eigenvalue weighted by atomic mass is 15.2. The quantitative estimate of drug-likeness (QED) is 0.365. The number of allylic oxidation sites excluding steroid dienone is 1. The van der Waals surface area contributed by atoms with Crippen molar-refractivity contribution in [2.75, 3.05) is 11.9 Å². The maximum Gasteiger partial charge on any atom is 0.0643 e. The maximum atomic E-state index is 5.11. The van der Waals surface area contributed by atoms with E-state index in [-0.39, 0.29) is 0 Å². The van der Waals surface area contributed by atoms with Crippen molar-refractivity contribution in [2.45, 2.75) is 70.1 Å². The standard InChI is InChI=1S/C35H39N3/c1-24-35-32-19-29(36-21-25-8-4-2-5-9-25)15-14-28(32)18-34(38(24)23-27-12-13-27)31-17-16-30(20-33(31)35)37-22-26-10-6-3-7-11-26/h2-11,14-15,19-20,24,27,31,34-36H,12-13,16-18,21-23H2,1H3/t24-,31-,34+,35+/m1/s1. The van der Waals surface area contributed by atoms with E-state index < -0.39 is 0 Å². The van der Waals surface area contributed by atoms with Crippen LogP contribution in [0.5, 0.6) is 0 Å². The predicted molar refractivity (Wildman–Crippen MR) is 158 cm³/mol. The van der Waals surface area contributed by atoms with E-state index in [9.17, 15) is 0 Å². The molecule has 2 bridgehead atoms. The fourth-order valence-corrected chi connectivity index (χ4v) is 7.29. The Morgan fingerprint density at radius 3 is 2.42 bits per heavy atom. The molecule has 5 aliphatic rings. The Balaban J connectivity index is 1.22. The molecule has 3 aromatic carbocycles. The first-order chi connectivity index (χ1) is 18.7. The van der Waals surface area contributed by atoms with Crippen molar-refractivity contribution in [3.05, 3.63) is 113 Å². The van der Waals surface area contributed by atoms with Gasteiger partial charge in [0.05, 0.1) is 6.54 Å². The molecule has 0 unspecified atom stereocenters. The Bertz CT molecular complexity index is 1340. The molecule has 2 aliphatic heterocycles. The van der Waals surface area contributed by atoms with Gasteiger partial charge >= 0.3 is 0 Å². The second kappa shape index (κ2) is 10.2. The minimum Gasteiger partial charge on any atom is -0.381 e. The molecule has 3 aromatic rings. The van der Waals surface area contributed by atoms with Crippen LogP contribution in [0.3, 0.4) is 0 Å². The third-order valence-electron chi connectivity index (χ3n) is 9.45. The van der Waals surface area contributed by atoms with Crippen LogP contribution in [0.25, 0.3) is 0 Å². The summed E-state index contributed by atoms with van der Waals surface area (Å²) in [7, 11) is 0. The zero-order valence-corrected chi connectivity index (χ0v) is 22.5. The molecule has 8 rings (SSSR count). The monoisotopic (exact) mass is 501 g/mol. The first-order valence-corrected chi connectivity index (χ1v) is 14.7. The van der Waals surface area contributed by atoms with E-state index in [2.05, 4.69) is 102 Å². The molecular weight excluding hydrogens is 462 g/mol. The van der Waals surface area contributed by atoms with Gasteiger partial charge in [-0.15, -0.1) is 0 Å². The van der Waals surface area contributed by atoms with E-state index in [1.807, 2.05) is 0 Å². The number of nitrogens with one attached hydrogen (secondary N) is 1. The first-order valence-electron chi connectivity index (χ1n) is 14.7. The predicted octanol–water partition coefficient (Wildman–Crippen LogP) is 7.40. The molecule has 2 fully saturated rings. The lowest BCUT2D eigenvalue weighted by atomic mass is 9.69. The van der Waals surface area contributed by atoms with E-state index in [1.165, 1.54) is 54.8 Å². The Hall–Kier alpha value is -3.17. The van der Waals surface area contributed by atoms with Gasteiger partial charge in [-0.3, -0.25) is 9.89 Å². The van der Waals surface area contributed by atoms with Crippen molar-refractivity contribution in [1.29, 1.82) is 0 Å². The van der Waals surface area contributed by atoms with Gasteiger partial charge in [0.1, 0.15) is 0 Å². The summed E-state index contributed by atoms with van der Waals surface area (Å²) in [6.45, 7) is 5.43. The van der Waals surface area contributed by atoms with Crippen LogP contribution in [0.15, 0.2) is 95.5 Å². The number of rotatable bonds is 7. The maximum absolute atomic E-state index is 5.11.